The third kappa shape index (κ3) is 4.45. The predicted octanol–water partition coefficient (Wildman–Crippen LogP) is 2.54. The third-order valence-corrected chi connectivity index (χ3v) is 4.23. The Morgan fingerprint density at radius 1 is 1.33 bits per heavy atom. The van der Waals surface area contributed by atoms with Gasteiger partial charge in [0.25, 0.3) is 5.56 Å². The lowest BCUT2D eigenvalue weighted by Gasteiger charge is -2.10. The predicted molar refractivity (Wildman–Crippen MR) is 82.9 cm³/mol. The fourth-order valence-corrected chi connectivity index (χ4v) is 2.42. The Bertz CT molecular complexity index is 538. The number of halogens is 1. The van der Waals surface area contributed by atoms with Crippen molar-refractivity contribution in [3.8, 4) is 0 Å². The first-order valence-electron chi connectivity index (χ1n) is 7.81. The molecule has 0 bridgehead atoms. The van der Waals surface area contributed by atoms with Crippen LogP contribution in [0.2, 0.25) is 5.02 Å². The molecule has 1 aromatic heterocycles. The molecule has 3 rings (SSSR count). The van der Waals surface area contributed by atoms with E-state index in [0.29, 0.717) is 29.7 Å². The van der Waals surface area contributed by atoms with Crippen molar-refractivity contribution in [1.82, 2.24) is 9.78 Å². The summed E-state index contributed by atoms with van der Waals surface area (Å²) in [6.07, 6.45) is 7.43. The second-order valence-electron chi connectivity index (χ2n) is 6.10. The fourth-order valence-electron chi connectivity index (χ4n) is 2.23. The highest BCUT2D eigenvalue weighted by molar-refractivity contribution is 6.32. The number of anilines is 1. The van der Waals surface area contributed by atoms with Crippen LogP contribution in [0, 0.1) is 11.8 Å². The zero-order chi connectivity index (χ0) is 14.7. The highest BCUT2D eigenvalue weighted by Crippen LogP contribution is 2.30. The number of nitrogens with one attached hydrogen (secondary N) is 1. The molecule has 0 radical (unpaired) electrons. The first kappa shape index (κ1) is 14.9. The van der Waals surface area contributed by atoms with E-state index in [1.54, 1.807) is 6.20 Å². The van der Waals surface area contributed by atoms with Crippen LogP contribution in [-0.4, -0.2) is 29.5 Å². The fraction of sp³-hybridized carbons (Fsp3) is 0.733. The van der Waals surface area contributed by atoms with Gasteiger partial charge in [0.1, 0.15) is 5.69 Å². The van der Waals surface area contributed by atoms with Gasteiger partial charge in [0.05, 0.1) is 11.2 Å². The van der Waals surface area contributed by atoms with Gasteiger partial charge < -0.3 is 10.1 Å². The number of nitrogens with zero attached hydrogens (tertiary/aromatic N) is 2. The molecule has 21 heavy (non-hydrogen) atoms. The van der Waals surface area contributed by atoms with E-state index in [2.05, 4.69) is 10.4 Å². The topological polar surface area (TPSA) is 56.1 Å². The molecule has 1 N–H and O–H groups in total. The molecule has 6 heteroatoms. The van der Waals surface area contributed by atoms with Crippen molar-refractivity contribution < 1.29 is 4.74 Å². The molecule has 2 aliphatic carbocycles. The molecule has 5 nitrogen and oxygen atoms in total. The van der Waals surface area contributed by atoms with Crippen LogP contribution in [0.25, 0.3) is 0 Å². The molecule has 1 heterocycles. The Balaban J connectivity index is 1.47. The molecular formula is C15H22ClN3O2. The van der Waals surface area contributed by atoms with Crippen molar-refractivity contribution in [2.45, 2.75) is 38.6 Å². The molecule has 0 spiro atoms. The minimum Gasteiger partial charge on any atom is -0.381 e. The van der Waals surface area contributed by atoms with Gasteiger partial charge >= 0.3 is 0 Å². The molecule has 116 valence electrons. The molecular weight excluding hydrogens is 290 g/mol. The lowest BCUT2D eigenvalue weighted by molar-refractivity contribution is 0.124. The van der Waals surface area contributed by atoms with Gasteiger partial charge in [-0.25, -0.2) is 4.68 Å². The first-order chi connectivity index (χ1) is 10.2. The van der Waals surface area contributed by atoms with Gasteiger partial charge in [0.2, 0.25) is 0 Å². The van der Waals surface area contributed by atoms with Crippen molar-refractivity contribution in [3.05, 3.63) is 21.6 Å². The van der Waals surface area contributed by atoms with Gasteiger partial charge in [-0.2, -0.15) is 5.10 Å². The largest absolute Gasteiger partial charge is 0.381 e. The van der Waals surface area contributed by atoms with Gasteiger partial charge in [0, 0.05) is 26.3 Å². The highest BCUT2D eigenvalue weighted by Gasteiger charge is 2.23. The Labute approximate surface area is 129 Å². The number of hydrogen-bond acceptors (Lipinski definition) is 4. The molecule has 0 atom stereocenters. The summed E-state index contributed by atoms with van der Waals surface area (Å²) in [6.45, 7) is 2.99. The van der Waals surface area contributed by atoms with E-state index < -0.39 is 0 Å². The van der Waals surface area contributed by atoms with E-state index in [1.165, 1.54) is 30.4 Å². The molecule has 2 fully saturated rings. The Hall–Kier alpha value is -1.07. The first-order valence-corrected chi connectivity index (χ1v) is 8.19. The van der Waals surface area contributed by atoms with Crippen LogP contribution in [0.3, 0.4) is 0 Å². The number of rotatable bonds is 9. The lowest BCUT2D eigenvalue weighted by Crippen LogP contribution is -2.27. The van der Waals surface area contributed by atoms with E-state index in [0.717, 1.165) is 25.6 Å². The molecule has 0 saturated heterocycles. The summed E-state index contributed by atoms with van der Waals surface area (Å²) in [6, 6.07) is 0. The Kier molecular flexibility index (Phi) is 4.80. The average molecular weight is 312 g/mol. The van der Waals surface area contributed by atoms with Crippen molar-refractivity contribution in [1.29, 1.82) is 0 Å². The Morgan fingerprint density at radius 2 is 2.10 bits per heavy atom. The summed E-state index contributed by atoms with van der Waals surface area (Å²) in [5.74, 6) is 1.40. The van der Waals surface area contributed by atoms with Crippen LogP contribution in [0.4, 0.5) is 5.69 Å². The monoisotopic (exact) mass is 311 g/mol. The number of ether oxygens (including phenoxy) is 1. The van der Waals surface area contributed by atoms with Crippen LogP contribution in [-0.2, 0) is 11.3 Å². The zero-order valence-corrected chi connectivity index (χ0v) is 12.9. The summed E-state index contributed by atoms with van der Waals surface area (Å²) >= 11 is 6.07. The van der Waals surface area contributed by atoms with Gasteiger partial charge in [-0.3, -0.25) is 4.79 Å². The third-order valence-electron chi connectivity index (χ3n) is 3.94. The van der Waals surface area contributed by atoms with Gasteiger partial charge in [-0.1, -0.05) is 11.6 Å². The molecule has 2 aliphatic rings. The van der Waals surface area contributed by atoms with Crippen LogP contribution < -0.4 is 10.9 Å². The van der Waals surface area contributed by atoms with E-state index >= 15 is 0 Å². The SMILES string of the molecule is O=c1c(NCCCOCC2CC2)c(Cl)cnn1CC1CC1. The molecule has 0 aromatic carbocycles. The van der Waals surface area contributed by atoms with Crippen LogP contribution in [0.5, 0.6) is 0 Å². The summed E-state index contributed by atoms with van der Waals surface area (Å²) in [4.78, 5) is 12.3. The standard InChI is InChI=1S/C15H22ClN3O2/c16-13-8-18-19(9-11-2-3-11)15(20)14(13)17-6-1-7-21-10-12-4-5-12/h8,11-12,17H,1-7,9-10H2. The molecule has 2 saturated carbocycles. The van der Waals surface area contributed by atoms with Gasteiger partial charge in [-0.15, -0.1) is 0 Å². The van der Waals surface area contributed by atoms with E-state index in [-0.39, 0.29) is 5.56 Å². The maximum Gasteiger partial charge on any atom is 0.291 e. The van der Waals surface area contributed by atoms with E-state index in [1.807, 2.05) is 0 Å². The minimum absolute atomic E-state index is 0.117. The number of hydrogen-bond donors (Lipinski definition) is 1. The van der Waals surface area contributed by atoms with Crippen LogP contribution in [0.15, 0.2) is 11.0 Å². The average Bonchev–Trinajstić information content (AvgIpc) is 3.34. The summed E-state index contributed by atoms with van der Waals surface area (Å²) in [5, 5.41) is 7.64. The molecule has 0 unspecified atom stereocenters. The number of aromatic nitrogens is 2. The minimum atomic E-state index is -0.117. The maximum absolute atomic E-state index is 12.3. The second kappa shape index (κ2) is 6.79. The van der Waals surface area contributed by atoms with Crippen LogP contribution in [0.1, 0.15) is 32.1 Å². The summed E-state index contributed by atoms with van der Waals surface area (Å²) < 4.78 is 7.10. The summed E-state index contributed by atoms with van der Waals surface area (Å²) in [7, 11) is 0. The normalized spacial score (nSPS) is 18.0. The maximum atomic E-state index is 12.3. The van der Waals surface area contributed by atoms with Crippen molar-refractivity contribution in [2.75, 3.05) is 25.1 Å². The quantitative estimate of drug-likeness (QED) is 0.712. The molecule has 0 aliphatic heterocycles. The highest BCUT2D eigenvalue weighted by atomic mass is 35.5. The zero-order valence-electron chi connectivity index (χ0n) is 12.2. The van der Waals surface area contributed by atoms with Crippen molar-refractivity contribution in [2.24, 2.45) is 11.8 Å². The van der Waals surface area contributed by atoms with E-state index in [9.17, 15) is 4.79 Å². The molecule has 1 aromatic rings. The van der Waals surface area contributed by atoms with Gasteiger partial charge in [-0.05, 0) is 43.9 Å². The lowest BCUT2D eigenvalue weighted by atomic mass is 10.3. The molecule has 0 amide bonds. The Morgan fingerprint density at radius 3 is 2.81 bits per heavy atom. The van der Waals surface area contributed by atoms with E-state index in [4.69, 9.17) is 16.3 Å². The van der Waals surface area contributed by atoms with Gasteiger partial charge in [0.15, 0.2) is 0 Å². The second-order valence-corrected chi connectivity index (χ2v) is 6.50. The van der Waals surface area contributed by atoms with Crippen LogP contribution >= 0.6 is 11.6 Å². The summed E-state index contributed by atoms with van der Waals surface area (Å²) in [5.41, 5.74) is 0.350. The smallest absolute Gasteiger partial charge is 0.291 e. The van der Waals surface area contributed by atoms with Crippen molar-refractivity contribution in [3.63, 3.8) is 0 Å². The van der Waals surface area contributed by atoms with Crippen molar-refractivity contribution >= 4 is 17.3 Å².